The van der Waals surface area contributed by atoms with Crippen molar-refractivity contribution >= 4 is 108 Å². The number of carbonyl (C=O) groups is 6. The number of nitrogen functional groups attached to an aromatic ring is 1. The number of nitrogens with two attached hydrogens (primary N) is 1. The predicted octanol–water partition coefficient (Wildman–Crippen LogP) is 12.4. The van der Waals surface area contributed by atoms with Crippen LogP contribution < -0.4 is 5.73 Å². The number of anilines is 1. The van der Waals surface area contributed by atoms with Crippen molar-refractivity contribution in [3.05, 3.63) is 262 Å². The van der Waals surface area contributed by atoms with Gasteiger partial charge in [0.2, 0.25) is 10.8 Å². The number of esters is 4. The number of nitrogens with zero attached hydrogens (tertiary/aromatic N) is 3. The second-order valence-electron chi connectivity index (χ2n) is 21.8. The van der Waals surface area contributed by atoms with Gasteiger partial charge in [-0.2, -0.15) is 15.8 Å². The highest BCUT2D eigenvalue weighted by atomic mass is 32.1. The van der Waals surface area contributed by atoms with Gasteiger partial charge in [0.15, 0.2) is 11.6 Å². The molecular formula is C71H42N4O12S4. The minimum Gasteiger partial charge on any atom is -0.459 e. The normalized spacial score (nSPS) is 16.2. The summed E-state index contributed by atoms with van der Waals surface area (Å²) in [5.41, 5.74) is 4.38. The van der Waals surface area contributed by atoms with Crippen molar-refractivity contribution in [1.29, 1.82) is 15.8 Å². The van der Waals surface area contributed by atoms with Gasteiger partial charge in [0, 0.05) is 43.1 Å². The number of hydrogen-bond donors (Lipinski definition) is 3. The number of benzene rings is 6. The smallest absolute Gasteiger partial charge is 0.333 e. The molecule has 0 radical (unpaired) electrons. The van der Waals surface area contributed by atoms with Gasteiger partial charge in [-0.1, -0.05) is 121 Å². The van der Waals surface area contributed by atoms with E-state index < -0.39 is 58.5 Å². The number of Topliss-reactive ketones (excluding diaryl/α,β-unsaturated/α-hetero) is 2. The van der Waals surface area contributed by atoms with E-state index in [1.54, 1.807) is 133 Å². The maximum absolute atomic E-state index is 16.0. The largest absolute Gasteiger partial charge is 0.459 e. The summed E-state index contributed by atoms with van der Waals surface area (Å²) in [5, 5.41) is 53.2. The first-order valence-corrected chi connectivity index (χ1v) is 31.4. The molecule has 2 atom stereocenters. The summed E-state index contributed by atoms with van der Waals surface area (Å²) >= 11 is 4.41. The number of nitriles is 3. The molecule has 16 nitrogen and oxygen atoms in total. The third kappa shape index (κ3) is 9.16. The van der Waals surface area contributed by atoms with Gasteiger partial charge >= 0.3 is 23.9 Å². The first-order chi connectivity index (χ1) is 44.2. The Morgan fingerprint density at radius 3 is 1.19 bits per heavy atom. The Morgan fingerprint density at radius 1 is 0.473 bits per heavy atom. The third-order valence-electron chi connectivity index (χ3n) is 16.6. The van der Waals surface area contributed by atoms with Crippen LogP contribution in [-0.4, -0.2) is 45.7 Å². The van der Waals surface area contributed by atoms with Crippen molar-refractivity contribution in [2.45, 2.75) is 49.5 Å². The third-order valence-corrected chi connectivity index (χ3v) is 21.7. The molecule has 4 aromatic heterocycles. The fraction of sp³-hybridized carbons (Fsp3) is 0.113. The van der Waals surface area contributed by atoms with Gasteiger partial charge in [0.25, 0.3) is 0 Å². The highest BCUT2D eigenvalue weighted by Gasteiger charge is 2.65. The van der Waals surface area contributed by atoms with Gasteiger partial charge in [-0.3, -0.25) is 28.8 Å². The van der Waals surface area contributed by atoms with E-state index in [1.807, 2.05) is 18.2 Å². The standard InChI is InChI=1S/C71H42N4O12S4/c72-29-40-21-45-46(22-41(40)30-73)57(77)49(56(45)76)24-43-26-51-60(88-43)62-54(70(51,66(80)84-32-36-13-5-1-6-14-36)67(81)85-33-37-15-7-2-8-16-37)64-65(90-62)55-63(91-64)61-52(27-44(89-61)25-50-58(78)47-23-42(31-74)53(75)28-48(47)59(50)79)71(55,68(82)86-34-38-17-9-3-10-18-38)69(83)87-35-39-19-11-4-12-20-39/h1-28,56-57,76-77H,32-35,75H2/b49-24?,50-25+. The summed E-state index contributed by atoms with van der Waals surface area (Å²) < 4.78 is 25.8. The summed E-state index contributed by atoms with van der Waals surface area (Å²) in [6.45, 7) is -1.17. The van der Waals surface area contributed by atoms with Crippen LogP contribution in [-0.2, 0) is 75.4 Å². The molecule has 0 fully saturated rings. The van der Waals surface area contributed by atoms with E-state index in [0.717, 1.165) is 45.3 Å². The Kier molecular flexibility index (Phi) is 14.5. The molecule has 0 saturated carbocycles. The predicted molar refractivity (Wildman–Crippen MR) is 339 cm³/mol. The number of rotatable bonds is 14. The molecule has 4 aliphatic rings. The molecule has 6 aromatic carbocycles. The van der Waals surface area contributed by atoms with Crippen molar-refractivity contribution in [1.82, 2.24) is 0 Å². The maximum atomic E-state index is 16.0. The molecule has 20 heteroatoms. The van der Waals surface area contributed by atoms with Crippen LogP contribution in [0.4, 0.5) is 5.69 Å². The Labute approximate surface area is 533 Å². The summed E-state index contributed by atoms with van der Waals surface area (Å²) in [6.07, 6.45) is 0.0242. The van der Waals surface area contributed by atoms with E-state index in [2.05, 4.69) is 0 Å². The van der Waals surface area contributed by atoms with E-state index in [4.69, 9.17) is 24.7 Å². The number of aliphatic hydroxyl groups excluding tert-OH is 2. The van der Waals surface area contributed by atoms with Crippen LogP contribution in [0.3, 0.4) is 0 Å². The van der Waals surface area contributed by atoms with E-state index >= 15 is 19.2 Å². The van der Waals surface area contributed by atoms with Crippen LogP contribution >= 0.6 is 45.3 Å². The molecule has 10 aromatic rings. The van der Waals surface area contributed by atoms with Crippen LogP contribution in [0.25, 0.3) is 41.1 Å². The van der Waals surface area contributed by atoms with Crippen molar-refractivity contribution < 1.29 is 57.9 Å². The second kappa shape index (κ2) is 22.7. The topological polar surface area (TPSA) is 277 Å². The molecule has 0 saturated heterocycles. The Bertz CT molecular complexity index is 4840. The average molecular weight is 1270 g/mol. The summed E-state index contributed by atoms with van der Waals surface area (Å²) in [4.78, 5) is 94.4. The molecule has 2 unspecified atom stereocenters. The molecule has 0 amide bonds. The van der Waals surface area contributed by atoms with E-state index in [-0.39, 0.29) is 109 Å². The number of thiophene rings is 4. The van der Waals surface area contributed by atoms with E-state index in [0.29, 0.717) is 56.0 Å². The molecule has 14 rings (SSSR count). The first kappa shape index (κ1) is 58.0. The fourth-order valence-electron chi connectivity index (χ4n) is 12.3. The van der Waals surface area contributed by atoms with Gasteiger partial charge < -0.3 is 34.9 Å². The summed E-state index contributed by atoms with van der Waals surface area (Å²) in [5.74, 6) is -5.46. The summed E-state index contributed by atoms with van der Waals surface area (Å²) in [6, 6.07) is 49.7. The lowest BCUT2D eigenvalue weighted by Gasteiger charge is -2.27. The van der Waals surface area contributed by atoms with Crippen LogP contribution in [0.1, 0.15) is 115 Å². The number of ether oxygens (including phenoxy) is 4. The number of fused-ring (bicyclic) bond motifs is 11. The van der Waals surface area contributed by atoms with Gasteiger partial charge in [-0.05, 0) is 87.5 Å². The minimum atomic E-state index is -2.47. The first-order valence-electron chi connectivity index (χ1n) is 28.1. The molecular weight excluding hydrogens is 1230 g/mol. The van der Waals surface area contributed by atoms with Gasteiger partial charge in [-0.25, -0.2) is 0 Å². The van der Waals surface area contributed by atoms with Crippen LogP contribution in [0.2, 0.25) is 0 Å². The number of ketones is 2. The zero-order chi connectivity index (χ0) is 63.0. The van der Waals surface area contributed by atoms with Gasteiger partial charge in [-0.15, -0.1) is 45.3 Å². The van der Waals surface area contributed by atoms with E-state index in [9.17, 15) is 35.6 Å². The Hall–Kier alpha value is -10.7. The van der Waals surface area contributed by atoms with E-state index in [1.165, 1.54) is 36.4 Å². The lowest BCUT2D eigenvalue weighted by Crippen LogP contribution is -2.46. The number of allylic oxidation sites excluding steroid dienone is 1. The Morgan fingerprint density at radius 2 is 0.824 bits per heavy atom. The SMILES string of the molecule is N#Cc1cc2c(cc1N)C(=O)/C(=C/c1cc3c(s1)-c1sc4c5c(sc4c1C3(C(=O)OCc1ccccc1)C(=O)OCc1ccccc1)-c1sc(C=C3C(O)c4cc(C#N)c(C#N)cc4C3O)cc1C5(C(=O)OCc1ccccc1)C(=O)OCc1ccccc1)C2=O. The van der Waals surface area contributed by atoms with Crippen molar-refractivity contribution in [3.8, 4) is 37.7 Å². The van der Waals surface area contributed by atoms with Crippen molar-refractivity contribution in [3.63, 3.8) is 0 Å². The average Bonchev–Trinajstić information content (AvgIpc) is 1.49. The molecule has 91 heavy (non-hydrogen) atoms. The van der Waals surface area contributed by atoms with Crippen LogP contribution in [0.5, 0.6) is 0 Å². The van der Waals surface area contributed by atoms with Crippen LogP contribution in [0.15, 0.2) is 169 Å². The molecule has 442 valence electrons. The van der Waals surface area contributed by atoms with Crippen molar-refractivity contribution in [2.75, 3.05) is 5.73 Å². The maximum Gasteiger partial charge on any atom is 0.333 e. The fourth-order valence-corrected chi connectivity index (χ4v) is 18.0. The Balaban J connectivity index is 1.01. The molecule has 4 N–H and O–H groups in total. The van der Waals surface area contributed by atoms with Gasteiger partial charge in [0.1, 0.15) is 56.8 Å². The van der Waals surface area contributed by atoms with Crippen LogP contribution in [0, 0.1) is 34.0 Å². The molecule has 4 heterocycles. The lowest BCUT2D eigenvalue weighted by molar-refractivity contribution is -0.166. The number of hydrogen-bond acceptors (Lipinski definition) is 20. The quantitative estimate of drug-likeness (QED) is 0.0228. The number of carbonyl (C=O) groups excluding carboxylic acids is 6. The molecule has 0 bridgehead atoms. The van der Waals surface area contributed by atoms with Crippen molar-refractivity contribution in [2.24, 2.45) is 0 Å². The molecule has 4 aliphatic carbocycles. The second-order valence-corrected chi connectivity index (χ2v) is 26.0. The zero-order valence-electron chi connectivity index (χ0n) is 47.2. The summed E-state index contributed by atoms with van der Waals surface area (Å²) in [7, 11) is 0. The molecule has 0 aliphatic heterocycles. The lowest BCUT2D eigenvalue weighted by atomic mass is 9.77. The minimum absolute atomic E-state index is 0.00433. The molecule has 0 spiro atoms. The monoisotopic (exact) mass is 1270 g/mol. The van der Waals surface area contributed by atoms with Gasteiger partial charge in [0.05, 0.1) is 56.9 Å². The highest BCUT2D eigenvalue weighted by molar-refractivity contribution is 7.34. The zero-order valence-corrected chi connectivity index (χ0v) is 50.4. The highest BCUT2D eigenvalue weighted by Crippen LogP contribution is 2.67. The number of aliphatic hydroxyl groups is 2.